The molecule has 650 valence electrons. The predicted molar refractivity (Wildman–Crippen MR) is 421 cm³/mol. The van der Waals surface area contributed by atoms with Gasteiger partial charge in [0.05, 0.1) is 82.8 Å². The Morgan fingerprint density at radius 2 is 0.992 bits per heavy atom. The molecule has 119 heavy (non-hydrogen) atoms. The van der Waals surface area contributed by atoms with Crippen LogP contribution in [0.2, 0.25) is 0 Å². The molecule has 11 rings (SSSR count). The Bertz CT molecular complexity index is 4620. The van der Waals surface area contributed by atoms with Gasteiger partial charge in [-0.25, -0.2) is 23.5 Å². The zero-order valence-electron chi connectivity index (χ0n) is 66.5. The van der Waals surface area contributed by atoms with Crippen molar-refractivity contribution in [2.24, 2.45) is 17.8 Å². The number of nitrogens with two attached hydrogens (primary N) is 1. The van der Waals surface area contributed by atoms with Gasteiger partial charge in [-0.1, -0.05) is 101 Å². The third kappa shape index (κ3) is 27.6. The number of methoxy groups -OCH3 is 1. The van der Waals surface area contributed by atoms with Crippen molar-refractivity contribution in [2.75, 3.05) is 57.8 Å². The molecule has 5 aliphatic heterocycles. The molecule has 14 atom stereocenters. The monoisotopic (exact) mass is 1840 g/mol. The SMILES string of the molecule is C.CC(C)OC(=O)[C@@H](C)CCOP(=O)(Cl)Cl.CC(C)OC(=O)[C@@H](C)CCOP1(=O)OC[C@H]2O[C@@H](n3ccc(N)nc3=O)C(F)(F)[C@@H]2O1.COc1ccc(C(Nc2ccn([C@@H]3O[C@@H]4COP(=O)(OCC[C@H](C)C(=O)OC(C)C)O[C@H]4C3(F)F)c(=O)n2)(c2ccccc2)c2ccccc2)cc1.Cc1ccn([C@@H]2O[C@H](CO)[C@@H](O)C2(F)F)c(=O)n1.[K][K]. The summed E-state index contributed by atoms with van der Waals surface area (Å²) in [6.07, 6.45) is -16.8. The molecular weight excluding hydrogens is 1740 g/mol. The number of aliphatic hydroxyl groups excluding tert-OH is 2. The van der Waals surface area contributed by atoms with Crippen LogP contribution in [0.5, 0.6) is 5.75 Å². The van der Waals surface area contributed by atoms with Crippen molar-refractivity contribution in [3.05, 3.63) is 176 Å². The summed E-state index contributed by atoms with van der Waals surface area (Å²) in [7, 11) is -7.24. The van der Waals surface area contributed by atoms with E-state index in [0.717, 1.165) is 35.3 Å². The number of phosphoric acid groups is 2. The first-order chi connectivity index (χ1) is 55.4. The van der Waals surface area contributed by atoms with E-state index in [1.54, 1.807) is 76.3 Å². The van der Waals surface area contributed by atoms with Gasteiger partial charge in [0, 0.05) is 24.3 Å². The van der Waals surface area contributed by atoms with Gasteiger partial charge in [-0.15, -0.1) is 0 Å². The minimum absolute atomic E-state index is 0. The summed E-state index contributed by atoms with van der Waals surface area (Å²) in [5.41, 5.74) is 4.15. The van der Waals surface area contributed by atoms with Crippen molar-refractivity contribution in [3.63, 3.8) is 0 Å². The van der Waals surface area contributed by atoms with Crippen LogP contribution in [0, 0.1) is 24.7 Å². The van der Waals surface area contributed by atoms with Gasteiger partial charge in [0.2, 0.25) is 18.7 Å². The van der Waals surface area contributed by atoms with E-state index in [1.807, 2.05) is 84.9 Å². The van der Waals surface area contributed by atoms with Crippen molar-refractivity contribution in [1.82, 2.24) is 28.7 Å². The number of rotatable bonds is 28. The van der Waals surface area contributed by atoms with Crippen LogP contribution < -0.4 is 32.9 Å². The van der Waals surface area contributed by atoms with E-state index in [-0.39, 0.29) is 81.9 Å². The summed E-state index contributed by atoms with van der Waals surface area (Å²) < 4.78 is 199. The van der Waals surface area contributed by atoms with Crippen LogP contribution in [0.3, 0.4) is 0 Å². The van der Waals surface area contributed by atoms with Crippen LogP contribution in [-0.4, -0.2) is 239 Å². The van der Waals surface area contributed by atoms with Gasteiger partial charge in [0.25, 0.3) is 0 Å². The molecule has 0 saturated carbocycles. The molecule has 5 N–H and O–H groups in total. The molecule has 6 aromatic rings. The first kappa shape index (κ1) is 104. The molecule has 3 aromatic carbocycles. The molecule has 3 aromatic heterocycles. The molecule has 0 radical (unpaired) electrons. The molecule has 0 spiro atoms. The number of benzene rings is 3. The van der Waals surface area contributed by atoms with Gasteiger partial charge < -0.3 is 58.9 Å². The number of anilines is 2. The number of phosphoric ester groups is 2. The number of esters is 3. The Labute approximate surface area is 736 Å². The van der Waals surface area contributed by atoms with Crippen molar-refractivity contribution in [3.8, 4) is 5.75 Å². The topological polar surface area (TPSA) is 415 Å². The number of aliphatic hydroxyl groups is 2. The molecule has 33 nitrogen and oxygen atoms in total. The fourth-order valence-corrected chi connectivity index (χ4v) is 15.4. The number of nitrogens with one attached hydrogen (secondary N) is 1. The first-order valence-corrected chi connectivity index (χ1v) is 59.6. The van der Waals surface area contributed by atoms with Crippen LogP contribution in [0.4, 0.5) is 38.0 Å². The number of aryl methyl sites for hydroxylation is 1. The number of hydrogen-bond donors (Lipinski definition) is 4. The Kier molecular flexibility index (Phi) is 39.8. The number of hydrogen-bond acceptors (Lipinski definition) is 30. The Balaban J connectivity index is 0.000000276. The van der Waals surface area contributed by atoms with Gasteiger partial charge >= 0.3 is 138 Å². The molecule has 0 bridgehead atoms. The molecule has 5 fully saturated rings. The summed E-state index contributed by atoms with van der Waals surface area (Å²) in [5, 5.41) is 21.6. The summed E-state index contributed by atoms with van der Waals surface area (Å²) in [5.74, 6) is -13.4. The van der Waals surface area contributed by atoms with Crippen LogP contribution in [0.1, 0.15) is 130 Å². The van der Waals surface area contributed by atoms with Crippen molar-refractivity contribution >= 4 is 137 Å². The number of aromatic nitrogens is 6. The molecule has 0 amide bonds. The summed E-state index contributed by atoms with van der Waals surface area (Å²) in [6.45, 7) is 14.5. The minimum atomic E-state index is -4.46. The maximum absolute atomic E-state index is 16.0. The molecule has 5 aliphatic rings. The number of carbonyl (C=O) groups is 3. The predicted octanol–water partition coefficient (Wildman–Crippen LogP) is 11.5. The normalized spacial score (nSPS) is 24.6. The Morgan fingerprint density at radius 3 is 1.37 bits per heavy atom. The number of carbonyl (C=O) groups excluding carboxylic acids is 3. The quantitative estimate of drug-likeness (QED) is 0.00885. The average Bonchev–Trinajstić information content (AvgIpc) is 1.64. The Morgan fingerprint density at radius 1 is 0.605 bits per heavy atom. The summed E-state index contributed by atoms with van der Waals surface area (Å²) >= 11 is 12.8. The van der Waals surface area contributed by atoms with E-state index in [1.165, 1.54) is 81.4 Å². The van der Waals surface area contributed by atoms with Crippen molar-refractivity contribution in [1.29, 1.82) is 0 Å². The average molecular weight is 1840 g/mol. The van der Waals surface area contributed by atoms with E-state index in [4.69, 9.17) is 93.6 Å². The van der Waals surface area contributed by atoms with Gasteiger partial charge in [0.15, 0.2) is 18.3 Å². The standard InChI is InChI=1S/C37H40F2N3O9P.C17H24F2N3O8P.C10H12F2N2O4.C8H15Cl2O4P.CH4.2K/c1-24(2)49-33(43)25(3)20-22-47-52(45)48-23-30-32(51-52)37(38,39)34(50-30)42-21-19-31(40-35(42)44)41-36(26-11-7-5-8-12-26,27-13-9-6-10-14-27)28-15-17-29(46-4)18-16-28;1-9(2)28-14(23)10(3)5-7-26-31(25)27-8-11-13(30-31)17(18,19)15(29-11)22-6-4-12(20)21-16(22)24;1-5-2-3-14(9(17)13-5)8-10(11,12)7(16)6(4-15)18-8;1-6(2)14-8(11)7(3)4-5-13-15(9,10)12;;;/h5-19,21,24-25,30,32,34H,20,22-23H2,1-4H3,(H,40,41,44);4,6,9-11,13,15H,5,7-8H2,1-3H3,(H2,20,21,24);2-3,6-8,15-16H,4H2,1H3;6-7H,4-5H2,1-3H3;1H4;;/t25-,30+,32+,34+,52?;10-,11+,13+,15+,31?;6-,7-,8-;7-;;;/m0010.../s1. The van der Waals surface area contributed by atoms with Gasteiger partial charge in [-0.3, -0.25) is 59.8 Å². The second-order valence-corrected chi connectivity index (χ2v) is 35.4. The first-order valence-electron chi connectivity index (χ1n) is 37.2. The second kappa shape index (κ2) is 45.8. The number of alkyl halides is 6. The zero-order chi connectivity index (χ0) is 87.6. The fraction of sp³-hybridized carbons (Fsp3) is 0.548. The van der Waals surface area contributed by atoms with Gasteiger partial charge in [-0.2, -0.15) is 41.3 Å². The van der Waals surface area contributed by atoms with E-state index in [0.29, 0.717) is 31.6 Å². The third-order valence-corrected chi connectivity index (χ3v) is 21.8. The molecule has 0 aliphatic carbocycles. The zero-order valence-corrected chi connectivity index (χ0v) is 76.9. The fourth-order valence-electron chi connectivity index (χ4n) is 11.9. The molecule has 8 heterocycles. The third-order valence-electron chi connectivity index (χ3n) is 17.9. The van der Waals surface area contributed by atoms with E-state index in [2.05, 4.69) is 24.8 Å². The molecule has 2 unspecified atom stereocenters. The van der Waals surface area contributed by atoms with Crippen LogP contribution in [0.15, 0.2) is 136 Å². The molecule has 46 heteroatoms. The van der Waals surface area contributed by atoms with Gasteiger partial charge in [-0.05, 0) is 137 Å². The number of halogens is 8. The Hall–Kier alpha value is -4.25. The van der Waals surface area contributed by atoms with Crippen molar-refractivity contribution < 1.29 is 129 Å². The number of nitrogen functional groups attached to an aromatic ring is 1. The summed E-state index contributed by atoms with van der Waals surface area (Å²) in [4.78, 5) is 83.3. The summed E-state index contributed by atoms with van der Waals surface area (Å²) in [6, 6.07) is 30.5. The number of ether oxygens (including phenoxy) is 7. The van der Waals surface area contributed by atoms with E-state index < -0.39 is 161 Å². The van der Waals surface area contributed by atoms with Crippen molar-refractivity contribution in [2.45, 2.75) is 193 Å². The van der Waals surface area contributed by atoms with E-state index in [9.17, 15) is 65.1 Å². The number of fused-ring (bicyclic) bond motifs is 2. The van der Waals surface area contributed by atoms with Crippen LogP contribution >= 0.6 is 44.2 Å². The van der Waals surface area contributed by atoms with Gasteiger partial charge in [0.1, 0.15) is 41.2 Å². The molecule has 5 saturated heterocycles. The van der Waals surface area contributed by atoms with Crippen LogP contribution in [-0.2, 0) is 93.7 Å². The van der Waals surface area contributed by atoms with Crippen LogP contribution in [0.25, 0.3) is 0 Å². The molecular formula is C73H95Cl2F6K2N8O25P3. The van der Waals surface area contributed by atoms with E-state index >= 15 is 8.78 Å². The number of nitrogens with zero attached hydrogens (tertiary/aromatic N) is 6. The second-order valence-electron chi connectivity index (χ2n) is 27.8. The maximum atomic E-state index is 16.0.